The van der Waals surface area contributed by atoms with Crippen LogP contribution in [0.5, 0.6) is 0 Å². The first-order valence-electron chi connectivity index (χ1n) is 7.44. The molecule has 0 fully saturated rings. The molecule has 0 spiro atoms. The molecule has 4 aromatic rings. The summed E-state index contributed by atoms with van der Waals surface area (Å²) in [6, 6.07) is 19.7. The van der Waals surface area contributed by atoms with Crippen LogP contribution in [0.2, 0.25) is 5.15 Å². The van der Waals surface area contributed by atoms with Crippen LogP contribution in [0.15, 0.2) is 65.8 Å². The number of imidazole rings is 1. The van der Waals surface area contributed by atoms with Crippen LogP contribution in [0.4, 0.5) is 0 Å². The Hall–Kier alpha value is -2.37. The molecule has 1 N–H and O–H groups in total. The van der Waals surface area contributed by atoms with E-state index in [1.807, 2.05) is 54.6 Å². The molecule has 0 bridgehead atoms. The zero-order valence-corrected chi connectivity index (χ0v) is 14.2. The normalized spacial score (nSPS) is 11.0. The third kappa shape index (κ3) is 3.27. The van der Waals surface area contributed by atoms with E-state index in [1.54, 1.807) is 6.07 Å². The number of aromatic nitrogens is 4. The lowest BCUT2D eigenvalue weighted by molar-refractivity contribution is 0.969. The van der Waals surface area contributed by atoms with Crippen molar-refractivity contribution in [2.45, 2.75) is 10.9 Å². The van der Waals surface area contributed by atoms with Crippen molar-refractivity contribution in [1.82, 2.24) is 19.9 Å². The molecule has 0 saturated carbocycles. The van der Waals surface area contributed by atoms with Crippen molar-refractivity contribution in [3.05, 3.63) is 71.6 Å². The Labute approximate surface area is 148 Å². The number of nitrogens with one attached hydrogen (secondary N) is 1. The summed E-state index contributed by atoms with van der Waals surface area (Å²) in [5.41, 5.74) is 3.84. The molecular formula is C18H13ClN4S. The van der Waals surface area contributed by atoms with Crippen LogP contribution in [-0.2, 0) is 5.75 Å². The highest BCUT2D eigenvalue weighted by molar-refractivity contribution is 7.98. The van der Waals surface area contributed by atoms with E-state index >= 15 is 0 Å². The first kappa shape index (κ1) is 15.2. The molecule has 0 aliphatic carbocycles. The van der Waals surface area contributed by atoms with E-state index in [9.17, 15) is 0 Å². The zero-order valence-electron chi connectivity index (χ0n) is 12.6. The Kier molecular flexibility index (Phi) is 4.19. The van der Waals surface area contributed by atoms with Crippen molar-refractivity contribution >= 4 is 34.4 Å². The average molecular weight is 353 g/mol. The smallest absolute Gasteiger partial charge is 0.189 e. The molecule has 2 heterocycles. The predicted octanol–water partition coefficient (Wildman–Crippen LogP) is 4.97. The maximum Gasteiger partial charge on any atom is 0.189 e. The minimum absolute atomic E-state index is 0.441. The van der Waals surface area contributed by atoms with E-state index in [0.717, 1.165) is 28.1 Å². The van der Waals surface area contributed by atoms with Crippen LogP contribution in [0, 0.1) is 0 Å². The topological polar surface area (TPSA) is 54.5 Å². The zero-order chi connectivity index (χ0) is 16.4. The van der Waals surface area contributed by atoms with Gasteiger partial charge in [0.2, 0.25) is 0 Å². The van der Waals surface area contributed by atoms with Gasteiger partial charge in [0.15, 0.2) is 5.16 Å². The number of rotatable bonds is 4. The highest BCUT2D eigenvalue weighted by Gasteiger charge is 2.08. The van der Waals surface area contributed by atoms with Gasteiger partial charge in [0.1, 0.15) is 11.0 Å². The maximum atomic E-state index is 6.16. The summed E-state index contributed by atoms with van der Waals surface area (Å²) in [5, 5.41) is 1.08. The second-order valence-electron chi connectivity index (χ2n) is 5.21. The number of H-pyrrole nitrogens is 1. The average Bonchev–Trinajstić information content (AvgIpc) is 3.03. The van der Waals surface area contributed by atoms with Gasteiger partial charge in [-0.2, -0.15) is 0 Å². The number of aromatic amines is 1. The SMILES string of the molecule is Clc1cc(-c2ccccc2)nc(SCc2nc3ccccc3[nH]2)n1. The maximum absolute atomic E-state index is 6.16. The van der Waals surface area contributed by atoms with Gasteiger partial charge < -0.3 is 4.98 Å². The van der Waals surface area contributed by atoms with E-state index in [0.29, 0.717) is 16.1 Å². The number of thioether (sulfide) groups is 1. The summed E-state index contributed by atoms with van der Waals surface area (Å²) < 4.78 is 0. The molecule has 4 rings (SSSR count). The van der Waals surface area contributed by atoms with Crippen molar-refractivity contribution < 1.29 is 0 Å². The van der Waals surface area contributed by atoms with Crippen molar-refractivity contribution in [2.75, 3.05) is 0 Å². The van der Waals surface area contributed by atoms with E-state index in [1.165, 1.54) is 11.8 Å². The summed E-state index contributed by atoms with van der Waals surface area (Å²) in [4.78, 5) is 16.8. The van der Waals surface area contributed by atoms with Crippen molar-refractivity contribution in [2.24, 2.45) is 0 Å². The highest BCUT2D eigenvalue weighted by atomic mass is 35.5. The number of hydrogen-bond donors (Lipinski definition) is 1. The van der Waals surface area contributed by atoms with Crippen LogP contribution in [0.1, 0.15) is 5.82 Å². The van der Waals surface area contributed by atoms with Gasteiger partial charge in [0, 0.05) is 11.6 Å². The summed E-state index contributed by atoms with van der Waals surface area (Å²) in [5.74, 6) is 1.55. The fraction of sp³-hybridized carbons (Fsp3) is 0.0556. The summed E-state index contributed by atoms with van der Waals surface area (Å²) >= 11 is 7.67. The predicted molar refractivity (Wildman–Crippen MR) is 98.1 cm³/mol. The number of nitrogens with zero attached hydrogens (tertiary/aromatic N) is 3. The molecule has 0 aliphatic heterocycles. The molecule has 118 valence electrons. The lowest BCUT2D eigenvalue weighted by Crippen LogP contribution is -1.93. The molecular weight excluding hydrogens is 340 g/mol. The Morgan fingerprint density at radius 3 is 2.54 bits per heavy atom. The van der Waals surface area contributed by atoms with Gasteiger partial charge >= 0.3 is 0 Å². The van der Waals surface area contributed by atoms with Gasteiger partial charge in [-0.05, 0) is 12.1 Å². The monoisotopic (exact) mass is 352 g/mol. The number of fused-ring (bicyclic) bond motifs is 1. The van der Waals surface area contributed by atoms with Gasteiger partial charge in [-0.3, -0.25) is 0 Å². The Balaban J connectivity index is 1.57. The molecule has 24 heavy (non-hydrogen) atoms. The summed E-state index contributed by atoms with van der Waals surface area (Å²) in [6.07, 6.45) is 0. The lowest BCUT2D eigenvalue weighted by Gasteiger charge is -2.04. The van der Waals surface area contributed by atoms with E-state index in [2.05, 4.69) is 19.9 Å². The summed E-state index contributed by atoms with van der Waals surface area (Å²) in [7, 11) is 0. The third-order valence-electron chi connectivity index (χ3n) is 3.52. The Morgan fingerprint density at radius 2 is 1.71 bits per heavy atom. The van der Waals surface area contributed by atoms with Crippen molar-refractivity contribution in [1.29, 1.82) is 0 Å². The van der Waals surface area contributed by atoms with Crippen LogP contribution >= 0.6 is 23.4 Å². The molecule has 2 aromatic heterocycles. The number of benzene rings is 2. The van der Waals surface area contributed by atoms with E-state index in [-0.39, 0.29) is 0 Å². The lowest BCUT2D eigenvalue weighted by atomic mass is 10.1. The molecule has 0 radical (unpaired) electrons. The van der Waals surface area contributed by atoms with Crippen molar-refractivity contribution in [3.8, 4) is 11.3 Å². The largest absolute Gasteiger partial charge is 0.341 e. The van der Waals surface area contributed by atoms with Gasteiger partial charge in [0.25, 0.3) is 0 Å². The second kappa shape index (κ2) is 6.63. The molecule has 0 atom stereocenters. The Bertz CT molecular complexity index is 952. The van der Waals surface area contributed by atoms with Crippen LogP contribution in [-0.4, -0.2) is 19.9 Å². The first-order chi connectivity index (χ1) is 11.8. The van der Waals surface area contributed by atoms with Gasteiger partial charge in [-0.15, -0.1) is 0 Å². The second-order valence-corrected chi connectivity index (χ2v) is 6.54. The number of hydrogen-bond acceptors (Lipinski definition) is 4. The van der Waals surface area contributed by atoms with E-state index < -0.39 is 0 Å². The molecule has 4 nitrogen and oxygen atoms in total. The van der Waals surface area contributed by atoms with Crippen LogP contribution < -0.4 is 0 Å². The van der Waals surface area contributed by atoms with Crippen LogP contribution in [0.25, 0.3) is 22.3 Å². The molecule has 6 heteroatoms. The van der Waals surface area contributed by atoms with Crippen molar-refractivity contribution in [3.63, 3.8) is 0 Å². The highest BCUT2D eigenvalue weighted by Crippen LogP contribution is 2.25. The first-order valence-corrected chi connectivity index (χ1v) is 8.81. The molecule has 0 saturated heterocycles. The molecule has 0 amide bonds. The minimum atomic E-state index is 0.441. The van der Waals surface area contributed by atoms with Gasteiger partial charge in [-0.1, -0.05) is 65.8 Å². The van der Waals surface area contributed by atoms with E-state index in [4.69, 9.17) is 11.6 Å². The standard InChI is InChI=1S/C18H13ClN4S/c19-16-10-15(12-6-2-1-3-7-12)22-18(23-16)24-11-17-20-13-8-4-5-9-14(13)21-17/h1-10H,11H2,(H,20,21). The summed E-state index contributed by atoms with van der Waals surface area (Å²) in [6.45, 7) is 0. The number of para-hydroxylation sites is 2. The minimum Gasteiger partial charge on any atom is -0.341 e. The number of halogens is 1. The third-order valence-corrected chi connectivity index (χ3v) is 4.57. The fourth-order valence-electron chi connectivity index (χ4n) is 2.43. The molecule has 0 aliphatic rings. The Morgan fingerprint density at radius 1 is 0.917 bits per heavy atom. The van der Waals surface area contributed by atoms with Crippen LogP contribution in [0.3, 0.4) is 0 Å². The molecule has 0 unspecified atom stereocenters. The van der Waals surface area contributed by atoms with Gasteiger partial charge in [0.05, 0.1) is 22.5 Å². The fourth-order valence-corrected chi connectivity index (χ4v) is 3.39. The quantitative estimate of drug-likeness (QED) is 0.320. The van der Waals surface area contributed by atoms with Gasteiger partial charge in [-0.25, -0.2) is 15.0 Å². The molecule has 2 aromatic carbocycles.